The van der Waals surface area contributed by atoms with E-state index < -0.39 is 6.29 Å². The molecular weight excluding hydrogens is 382 g/mol. The third kappa shape index (κ3) is 4.13. The smallest absolute Gasteiger partial charge is 0.263 e. The normalized spacial score (nSPS) is 21.3. The fourth-order valence-corrected chi connectivity index (χ4v) is 3.45. The molecule has 0 bridgehead atoms. The highest BCUT2D eigenvalue weighted by Gasteiger charge is 2.32. The number of aromatic nitrogens is 2. The second-order valence-electron chi connectivity index (χ2n) is 7.62. The van der Waals surface area contributed by atoms with Crippen LogP contribution < -0.4 is 20.7 Å². The van der Waals surface area contributed by atoms with Crippen molar-refractivity contribution < 1.29 is 14.3 Å². The Labute approximate surface area is 174 Å². The zero-order chi connectivity index (χ0) is 21.3. The monoisotopic (exact) mass is 407 g/mol. The van der Waals surface area contributed by atoms with Crippen molar-refractivity contribution in [1.29, 1.82) is 0 Å². The average Bonchev–Trinajstić information content (AvgIpc) is 3.10. The summed E-state index contributed by atoms with van der Waals surface area (Å²) in [7, 11) is 0. The number of hydrogen-bond donors (Lipinski definition) is 3. The van der Waals surface area contributed by atoms with Gasteiger partial charge in [0.1, 0.15) is 11.6 Å². The molecule has 1 aromatic heterocycles. The maximum absolute atomic E-state index is 12.5. The summed E-state index contributed by atoms with van der Waals surface area (Å²) in [4.78, 5) is 24.7. The number of aryl methyl sites for hydroxylation is 1. The molecule has 8 nitrogen and oxygen atoms in total. The van der Waals surface area contributed by atoms with Gasteiger partial charge in [0.2, 0.25) is 5.91 Å². The van der Waals surface area contributed by atoms with Crippen LogP contribution in [0.3, 0.4) is 0 Å². The van der Waals surface area contributed by atoms with Gasteiger partial charge in [0.05, 0.1) is 11.6 Å². The molecule has 0 aliphatic carbocycles. The third-order valence-corrected chi connectivity index (χ3v) is 5.32. The molecule has 2 heterocycles. The summed E-state index contributed by atoms with van der Waals surface area (Å²) in [5.41, 5.74) is 0.725. The van der Waals surface area contributed by atoms with E-state index in [1.54, 1.807) is 10.7 Å². The molecule has 156 valence electrons. The van der Waals surface area contributed by atoms with E-state index >= 15 is 0 Å². The molecule has 2 amide bonds. The van der Waals surface area contributed by atoms with Crippen molar-refractivity contribution in [2.45, 2.75) is 33.1 Å². The molecule has 0 saturated carbocycles. The molecule has 0 spiro atoms. The number of nitrogens with zero attached hydrogens (tertiary/aromatic N) is 2. The lowest BCUT2D eigenvalue weighted by Crippen LogP contribution is -2.57. The van der Waals surface area contributed by atoms with Gasteiger partial charge in [0.15, 0.2) is 12.9 Å². The molecule has 3 atom stereocenters. The molecule has 30 heavy (non-hydrogen) atoms. The minimum atomic E-state index is -0.533. The van der Waals surface area contributed by atoms with Gasteiger partial charge in [0, 0.05) is 12.1 Å². The van der Waals surface area contributed by atoms with Gasteiger partial charge in [-0.3, -0.25) is 14.9 Å². The fraction of sp³-hybridized carbons (Fsp3) is 0.318. The highest BCUT2D eigenvalue weighted by molar-refractivity contribution is 5.91. The van der Waals surface area contributed by atoms with Gasteiger partial charge < -0.3 is 15.4 Å². The second kappa shape index (κ2) is 8.16. The molecular formula is C22H25N5O3. The van der Waals surface area contributed by atoms with E-state index in [0.29, 0.717) is 11.6 Å². The molecule has 1 aliphatic rings. The van der Waals surface area contributed by atoms with E-state index in [2.05, 4.69) is 21.0 Å². The van der Waals surface area contributed by atoms with E-state index in [4.69, 9.17) is 4.74 Å². The Kier molecular flexibility index (Phi) is 5.41. The van der Waals surface area contributed by atoms with Crippen molar-refractivity contribution in [3.05, 3.63) is 54.2 Å². The van der Waals surface area contributed by atoms with Crippen molar-refractivity contribution >= 4 is 28.4 Å². The molecule has 3 unspecified atom stereocenters. The Morgan fingerprint density at radius 3 is 2.70 bits per heavy atom. The Morgan fingerprint density at radius 2 is 1.93 bits per heavy atom. The first-order chi connectivity index (χ1) is 14.4. The lowest BCUT2D eigenvalue weighted by molar-refractivity contribution is -0.130. The van der Waals surface area contributed by atoms with Crippen LogP contribution in [0.4, 0.5) is 5.82 Å². The second-order valence-corrected chi connectivity index (χ2v) is 7.62. The highest BCUT2D eigenvalue weighted by Crippen LogP contribution is 2.21. The molecule has 2 aromatic carbocycles. The lowest BCUT2D eigenvalue weighted by atomic mass is 10.0. The average molecular weight is 407 g/mol. The lowest BCUT2D eigenvalue weighted by Gasteiger charge is -2.34. The summed E-state index contributed by atoms with van der Waals surface area (Å²) < 4.78 is 7.23. The number of nitrogens with one attached hydrogen (secondary N) is 3. The molecule has 4 rings (SSSR count). The van der Waals surface area contributed by atoms with E-state index in [9.17, 15) is 9.59 Å². The van der Waals surface area contributed by atoms with Crippen molar-refractivity contribution in [1.82, 2.24) is 20.4 Å². The van der Waals surface area contributed by atoms with Crippen molar-refractivity contribution in [2.75, 3.05) is 11.9 Å². The maximum Gasteiger partial charge on any atom is 0.263 e. The largest absolute Gasteiger partial charge is 0.484 e. The van der Waals surface area contributed by atoms with E-state index in [1.165, 1.54) is 0 Å². The SMILES string of the molecule is Cc1cc(NC(=O)COc2ccc3ccccc3c2)n(C2NC(=O)C(C)C(C)N2)n1. The molecule has 8 heteroatoms. The van der Waals surface area contributed by atoms with Crippen molar-refractivity contribution in [3.8, 4) is 5.75 Å². The first-order valence-electron chi connectivity index (χ1n) is 9.95. The van der Waals surface area contributed by atoms with Gasteiger partial charge >= 0.3 is 0 Å². The van der Waals surface area contributed by atoms with Crippen LogP contribution in [-0.2, 0) is 9.59 Å². The summed E-state index contributed by atoms with van der Waals surface area (Å²) in [6.45, 7) is 5.50. The summed E-state index contributed by atoms with van der Waals surface area (Å²) in [6, 6.07) is 15.4. The van der Waals surface area contributed by atoms with Gasteiger partial charge in [-0.1, -0.05) is 37.3 Å². The van der Waals surface area contributed by atoms with Crippen LogP contribution in [0.2, 0.25) is 0 Å². The van der Waals surface area contributed by atoms with Crippen LogP contribution in [0.1, 0.15) is 25.8 Å². The Balaban J connectivity index is 1.42. The molecule has 0 radical (unpaired) electrons. The van der Waals surface area contributed by atoms with E-state index in [0.717, 1.165) is 16.5 Å². The zero-order valence-electron chi connectivity index (χ0n) is 17.2. The van der Waals surface area contributed by atoms with Gasteiger partial charge in [-0.15, -0.1) is 0 Å². The molecule has 1 saturated heterocycles. The van der Waals surface area contributed by atoms with Crippen LogP contribution in [0.15, 0.2) is 48.5 Å². The standard InChI is InChI=1S/C22H25N5O3/c1-13-10-19(27(26-13)22-23-15(3)14(2)21(29)25-22)24-20(28)12-30-18-9-8-16-6-4-5-7-17(16)11-18/h4-11,14-15,22-23H,12H2,1-3H3,(H,24,28)(H,25,29). The van der Waals surface area contributed by atoms with Crippen LogP contribution in [0.25, 0.3) is 10.8 Å². The minimum Gasteiger partial charge on any atom is -0.484 e. The minimum absolute atomic E-state index is 0.0203. The number of anilines is 1. The number of benzene rings is 2. The maximum atomic E-state index is 12.5. The summed E-state index contributed by atoms with van der Waals surface area (Å²) in [5, 5.41) is 15.6. The van der Waals surface area contributed by atoms with Crippen LogP contribution in [0, 0.1) is 12.8 Å². The highest BCUT2D eigenvalue weighted by atomic mass is 16.5. The fourth-order valence-electron chi connectivity index (χ4n) is 3.45. The summed E-state index contributed by atoms with van der Waals surface area (Å²) in [5.74, 6) is 0.590. The first kappa shape index (κ1) is 19.9. The predicted octanol–water partition coefficient (Wildman–Crippen LogP) is 2.56. The quantitative estimate of drug-likeness (QED) is 0.604. The van der Waals surface area contributed by atoms with Crippen LogP contribution in [0.5, 0.6) is 5.75 Å². The van der Waals surface area contributed by atoms with Crippen LogP contribution in [-0.4, -0.2) is 34.2 Å². The number of ether oxygens (including phenoxy) is 1. The Hall–Kier alpha value is -3.39. The zero-order valence-corrected chi connectivity index (χ0v) is 17.2. The summed E-state index contributed by atoms with van der Waals surface area (Å²) in [6.07, 6.45) is -0.533. The van der Waals surface area contributed by atoms with Crippen LogP contribution >= 0.6 is 0 Å². The number of carbonyl (C=O) groups excluding carboxylic acids is 2. The first-order valence-corrected chi connectivity index (χ1v) is 9.95. The van der Waals surface area contributed by atoms with Gasteiger partial charge in [0.25, 0.3) is 5.91 Å². The predicted molar refractivity (Wildman–Crippen MR) is 114 cm³/mol. The molecule has 3 aromatic rings. The summed E-state index contributed by atoms with van der Waals surface area (Å²) >= 11 is 0. The topological polar surface area (TPSA) is 97.3 Å². The molecule has 1 aliphatic heterocycles. The molecule has 3 N–H and O–H groups in total. The Bertz CT molecular complexity index is 1090. The van der Waals surface area contributed by atoms with Gasteiger partial charge in [-0.2, -0.15) is 5.10 Å². The number of hydrogen-bond acceptors (Lipinski definition) is 5. The number of fused-ring (bicyclic) bond motifs is 1. The number of rotatable bonds is 5. The molecule has 1 fully saturated rings. The van der Waals surface area contributed by atoms with E-state index in [1.807, 2.05) is 63.2 Å². The van der Waals surface area contributed by atoms with Crippen molar-refractivity contribution in [2.24, 2.45) is 5.92 Å². The van der Waals surface area contributed by atoms with Gasteiger partial charge in [-0.25, -0.2) is 4.68 Å². The Morgan fingerprint density at radius 1 is 1.17 bits per heavy atom. The number of amides is 2. The van der Waals surface area contributed by atoms with E-state index in [-0.39, 0.29) is 30.4 Å². The third-order valence-electron chi connectivity index (χ3n) is 5.32. The van der Waals surface area contributed by atoms with Crippen molar-refractivity contribution in [3.63, 3.8) is 0 Å². The van der Waals surface area contributed by atoms with Gasteiger partial charge in [-0.05, 0) is 36.8 Å². The number of carbonyl (C=O) groups is 2.